The first-order chi connectivity index (χ1) is 24.9. The number of nitrogens with zero attached hydrogens (tertiary/aromatic N) is 3. The van der Waals surface area contributed by atoms with Crippen LogP contribution in [-0.4, -0.2) is 102 Å². The molecule has 6 amide bonds. The molecule has 5 atom stereocenters. The average Bonchev–Trinajstić information content (AvgIpc) is 4.01. The molecule has 4 fully saturated rings. The fourth-order valence-electron chi connectivity index (χ4n) is 8.12. The standard InChI is InChI=1S/C37H50N6O8S/c1-24-11-10-12-25-21-42(23-29(24)25)36(48)51-27-19-31-32(44)39-37(34(46)40-52(49,50)28-15-16-28)20-26(37)13-6-3-2-4-7-14-30(33(45)43(31)22-27)38-35(47)41-17-8-5-9-18-41/h6,10-13,26-28,30-31H,2-5,7-9,14-23H2,1H3,(H,38,47)(H,39,44)(H,40,46)/b13-6-/t26-,27-,30+,31+,37-/m1/s1. The summed E-state index contributed by atoms with van der Waals surface area (Å²) in [5, 5.41) is 5.20. The molecule has 0 aromatic heterocycles. The largest absolute Gasteiger partial charge is 0.444 e. The third-order valence-corrected chi connectivity index (χ3v) is 13.3. The Hall–Kier alpha value is -4.14. The lowest BCUT2D eigenvalue weighted by atomic mass is 10.0. The van der Waals surface area contributed by atoms with Crippen molar-refractivity contribution in [2.75, 3.05) is 19.6 Å². The minimum Gasteiger partial charge on any atom is -0.444 e. The quantitative estimate of drug-likeness (QED) is 0.387. The normalized spacial score (nSPS) is 30.1. The predicted octanol–water partition coefficient (Wildman–Crippen LogP) is 2.98. The summed E-state index contributed by atoms with van der Waals surface area (Å²) in [5.74, 6) is -2.31. The highest BCUT2D eigenvalue weighted by Crippen LogP contribution is 2.46. The molecule has 0 spiro atoms. The molecule has 52 heavy (non-hydrogen) atoms. The second kappa shape index (κ2) is 14.7. The molecule has 2 saturated carbocycles. The molecule has 6 aliphatic rings. The zero-order valence-corrected chi connectivity index (χ0v) is 30.6. The fraction of sp³-hybridized carbons (Fsp3) is 0.649. The topological polar surface area (TPSA) is 175 Å². The van der Waals surface area contributed by atoms with Crippen LogP contribution in [0.4, 0.5) is 9.59 Å². The highest BCUT2D eigenvalue weighted by molar-refractivity contribution is 7.91. The molecule has 4 aliphatic heterocycles. The van der Waals surface area contributed by atoms with Crippen molar-refractivity contribution in [3.05, 3.63) is 47.0 Å². The van der Waals surface area contributed by atoms with E-state index in [0.29, 0.717) is 58.3 Å². The van der Waals surface area contributed by atoms with E-state index in [-0.39, 0.29) is 25.4 Å². The number of rotatable bonds is 5. The average molecular weight is 739 g/mol. The van der Waals surface area contributed by atoms with Crippen molar-refractivity contribution in [3.63, 3.8) is 0 Å². The van der Waals surface area contributed by atoms with Gasteiger partial charge in [0.15, 0.2) is 0 Å². The Balaban J connectivity index is 1.13. The summed E-state index contributed by atoms with van der Waals surface area (Å²) in [6.45, 7) is 3.91. The van der Waals surface area contributed by atoms with Crippen LogP contribution in [0.5, 0.6) is 0 Å². The molecule has 1 aromatic rings. The lowest BCUT2D eigenvalue weighted by Gasteiger charge is -2.32. The van der Waals surface area contributed by atoms with E-state index in [9.17, 15) is 32.4 Å². The van der Waals surface area contributed by atoms with Crippen LogP contribution in [-0.2, 0) is 42.2 Å². The lowest BCUT2D eigenvalue weighted by Crippen LogP contribution is -2.59. The van der Waals surface area contributed by atoms with E-state index in [1.54, 1.807) is 9.80 Å². The zero-order chi connectivity index (χ0) is 36.6. The highest BCUT2D eigenvalue weighted by atomic mass is 32.2. The Kier molecular flexibility index (Phi) is 10.2. The van der Waals surface area contributed by atoms with E-state index >= 15 is 0 Å². The van der Waals surface area contributed by atoms with Gasteiger partial charge in [-0.25, -0.2) is 18.0 Å². The number of nitrogens with one attached hydrogen (secondary N) is 3. The number of carbonyl (C=O) groups is 5. The molecule has 15 heteroatoms. The maximum Gasteiger partial charge on any atom is 0.410 e. The number of piperidine rings is 1. The molecule has 2 saturated heterocycles. The summed E-state index contributed by atoms with van der Waals surface area (Å²) in [7, 11) is -3.88. The monoisotopic (exact) mass is 738 g/mol. The maximum atomic E-state index is 14.5. The number of urea groups is 1. The molecule has 282 valence electrons. The van der Waals surface area contributed by atoms with Crippen LogP contribution in [0.3, 0.4) is 0 Å². The maximum absolute atomic E-state index is 14.5. The minimum atomic E-state index is -3.88. The number of carbonyl (C=O) groups excluding carboxylic acids is 5. The third kappa shape index (κ3) is 7.65. The Labute approximate surface area is 305 Å². The molecule has 7 rings (SSSR count). The van der Waals surface area contributed by atoms with Gasteiger partial charge in [0.05, 0.1) is 11.8 Å². The Morgan fingerprint density at radius 1 is 0.962 bits per heavy atom. The van der Waals surface area contributed by atoms with Crippen LogP contribution < -0.4 is 15.4 Å². The number of aryl methyl sites for hydroxylation is 1. The van der Waals surface area contributed by atoms with E-state index in [1.165, 1.54) is 4.90 Å². The van der Waals surface area contributed by atoms with Gasteiger partial charge in [0.2, 0.25) is 21.8 Å². The molecule has 1 aromatic carbocycles. The number of benzene rings is 1. The van der Waals surface area contributed by atoms with Crippen LogP contribution >= 0.6 is 0 Å². The van der Waals surface area contributed by atoms with Crippen molar-refractivity contribution < 1.29 is 37.1 Å². The minimum absolute atomic E-state index is 0.0193. The number of ether oxygens (including phenoxy) is 1. The predicted molar refractivity (Wildman–Crippen MR) is 190 cm³/mol. The number of hydrogen-bond donors (Lipinski definition) is 3. The number of hydrogen-bond acceptors (Lipinski definition) is 8. The first-order valence-corrected chi connectivity index (χ1v) is 20.4. The van der Waals surface area contributed by atoms with E-state index in [4.69, 9.17) is 4.74 Å². The van der Waals surface area contributed by atoms with Crippen LogP contribution in [0, 0.1) is 12.8 Å². The highest BCUT2D eigenvalue weighted by Gasteiger charge is 2.62. The molecule has 2 aliphatic carbocycles. The van der Waals surface area contributed by atoms with Gasteiger partial charge in [-0.05, 0) is 81.4 Å². The van der Waals surface area contributed by atoms with Gasteiger partial charge in [-0.15, -0.1) is 0 Å². The van der Waals surface area contributed by atoms with Gasteiger partial charge in [-0.1, -0.05) is 43.2 Å². The lowest BCUT2D eigenvalue weighted by molar-refractivity contribution is -0.141. The summed E-state index contributed by atoms with van der Waals surface area (Å²) in [6.07, 6.45) is 9.76. The van der Waals surface area contributed by atoms with Crippen molar-refractivity contribution in [1.82, 2.24) is 30.1 Å². The van der Waals surface area contributed by atoms with Gasteiger partial charge in [-0.2, -0.15) is 0 Å². The van der Waals surface area contributed by atoms with Crippen molar-refractivity contribution in [1.29, 1.82) is 0 Å². The molecule has 0 bridgehead atoms. The van der Waals surface area contributed by atoms with Crippen molar-refractivity contribution >= 4 is 39.9 Å². The van der Waals surface area contributed by atoms with Crippen molar-refractivity contribution in [2.45, 2.75) is 126 Å². The van der Waals surface area contributed by atoms with Crippen molar-refractivity contribution in [3.8, 4) is 0 Å². The summed E-state index contributed by atoms with van der Waals surface area (Å²) in [5.41, 5.74) is 1.69. The first kappa shape index (κ1) is 36.2. The molecule has 0 radical (unpaired) electrons. The Morgan fingerprint density at radius 2 is 1.73 bits per heavy atom. The molecule has 4 heterocycles. The van der Waals surface area contributed by atoms with Crippen LogP contribution in [0.25, 0.3) is 0 Å². The van der Waals surface area contributed by atoms with Crippen LogP contribution in [0.1, 0.15) is 93.7 Å². The molecule has 0 unspecified atom stereocenters. The third-order valence-electron chi connectivity index (χ3n) is 11.5. The summed E-state index contributed by atoms with van der Waals surface area (Å²) < 4.78 is 33.8. The van der Waals surface area contributed by atoms with Crippen LogP contribution in [0.2, 0.25) is 0 Å². The summed E-state index contributed by atoms with van der Waals surface area (Å²) in [4.78, 5) is 74.0. The van der Waals surface area contributed by atoms with Gasteiger partial charge in [0.25, 0.3) is 5.91 Å². The number of likely N-dealkylation sites (tertiary alicyclic amines) is 1. The Bertz CT molecular complexity index is 1740. The second-order valence-electron chi connectivity index (χ2n) is 15.4. The Morgan fingerprint density at radius 3 is 2.48 bits per heavy atom. The molecule has 14 nitrogen and oxygen atoms in total. The fourth-order valence-corrected chi connectivity index (χ4v) is 9.48. The molecular weight excluding hydrogens is 689 g/mol. The van der Waals surface area contributed by atoms with Crippen LogP contribution in [0.15, 0.2) is 30.4 Å². The van der Waals surface area contributed by atoms with Gasteiger partial charge >= 0.3 is 12.1 Å². The summed E-state index contributed by atoms with van der Waals surface area (Å²) >= 11 is 0. The first-order valence-electron chi connectivity index (χ1n) is 18.9. The number of amides is 6. The number of fused-ring (bicyclic) bond motifs is 3. The summed E-state index contributed by atoms with van der Waals surface area (Å²) in [6, 6.07) is 3.56. The van der Waals surface area contributed by atoms with E-state index in [2.05, 4.69) is 15.4 Å². The molecule has 3 N–H and O–H groups in total. The van der Waals surface area contributed by atoms with E-state index in [1.807, 2.05) is 37.3 Å². The van der Waals surface area contributed by atoms with Gasteiger partial charge in [0, 0.05) is 38.5 Å². The zero-order valence-electron chi connectivity index (χ0n) is 29.8. The van der Waals surface area contributed by atoms with E-state index < -0.39 is 68.7 Å². The van der Waals surface area contributed by atoms with Crippen molar-refractivity contribution in [2.24, 2.45) is 5.92 Å². The van der Waals surface area contributed by atoms with Gasteiger partial charge < -0.3 is 25.2 Å². The molecular formula is C37H50N6O8S. The second-order valence-corrected chi connectivity index (χ2v) is 17.3. The SMILES string of the molecule is Cc1cccc2c1CN(C(=O)O[C@@H]1C[C@H]3C(=O)N[C@]4(C(=O)NS(=O)(=O)C5CC5)C[C@H]4/C=C\CCCCC[C@H](NC(=O)N4CCCCC4)C(=O)N3C1)C2. The van der Waals surface area contributed by atoms with E-state index in [0.717, 1.165) is 48.8 Å². The van der Waals surface area contributed by atoms with Gasteiger partial charge in [-0.3, -0.25) is 24.0 Å². The number of sulfonamides is 1. The number of allylic oxidation sites excluding steroid dienone is 1. The van der Waals surface area contributed by atoms with Gasteiger partial charge in [0.1, 0.15) is 23.7 Å². The smallest absolute Gasteiger partial charge is 0.410 e.